The summed E-state index contributed by atoms with van der Waals surface area (Å²) in [5.74, 6) is -0.520. The van der Waals surface area contributed by atoms with Gasteiger partial charge in [0.2, 0.25) is 11.8 Å². The molecule has 0 saturated heterocycles. The SMILES string of the molecule is NC(=O)c1ccc(NC(=O)CCc2ccsc2)cc1. The van der Waals surface area contributed by atoms with E-state index in [0.717, 1.165) is 6.42 Å². The minimum absolute atomic E-state index is 0.0435. The van der Waals surface area contributed by atoms with Crippen molar-refractivity contribution < 1.29 is 9.59 Å². The van der Waals surface area contributed by atoms with E-state index < -0.39 is 5.91 Å². The van der Waals surface area contributed by atoms with Crippen LogP contribution in [0.2, 0.25) is 0 Å². The van der Waals surface area contributed by atoms with Crippen LogP contribution in [0.1, 0.15) is 22.3 Å². The highest BCUT2D eigenvalue weighted by atomic mass is 32.1. The summed E-state index contributed by atoms with van der Waals surface area (Å²) in [5.41, 5.74) is 7.41. The molecule has 1 aromatic heterocycles. The Labute approximate surface area is 115 Å². The zero-order valence-corrected chi connectivity index (χ0v) is 11.1. The summed E-state index contributed by atoms with van der Waals surface area (Å²) in [5, 5.41) is 6.82. The Balaban J connectivity index is 1.86. The number of nitrogens with one attached hydrogen (secondary N) is 1. The van der Waals surface area contributed by atoms with Gasteiger partial charge in [-0.1, -0.05) is 0 Å². The second kappa shape index (κ2) is 6.15. The molecule has 0 fully saturated rings. The van der Waals surface area contributed by atoms with Crippen LogP contribution in [0.4, 0.5) is 5.69 Å². The van der Waals surface area contributed by atoms with Crippen molar-refractivity contribution >= 4 is 28.8 Å². The van der Waals surface area contributed by atoms with Gasteiger partial charge in [0.05, 0.1) is 0 Å². The molecule has 0 saturated carbocycles. The van der Waals surface area contributed by atoms with Crippen molar-refractivity contribution in [1.82, 2.24) is 0 Å². The highest BCUT2D eigenvalue weighted by molar-refractivity contribution is 7.07. The van der Waals surface area contributed by atoms with E-state index in [9.17, 15) is 9.59 Å². The summed E-state index contributed by atoms with van der Waals surface area (Å²) in [6.07, 6.45) is 1.17. The summed E-state index contributed by atoms with van der Waals surface area (Å²) in [7, 11) is 0. The van der Waals surface area contributed by atoms with Gasteiger partial charge in [0.25, 0.3) is 0 Å². The van der Waals surface area contributed by atoms with Crippen LogP contribution in [-0.2, 0) is 11.2 Å². The monoisotopic (exact) mass is 274 g/mol. The van der Waals surface area contributed by atoms with Crippen molar-refractivity contribution in [3.63, 3.8) is 0 Å². The molecule has 2 amide bonds. The number of primary amides is 1. The molecule has 5 heteroatoms. The van der Waals surface area contributed by atoms with Crippen LogP contribution >= 0.6 is 11.3 Å². The van der Waals surface area contributed by atoms with Crippen molar-refractivity contribution in [2.45, 2.75) is 12.8 Å². The molecule has 0 unspecified atom stereocenters. The van der Waals surface area contributed by atoms with E-state index in [1.807, 2.05) is 16.8 Å². The predicted molar refractivity (Wildman–Crippen MR) is 76.2 cm³/mol. The number of hydrogen-bond donors (Lipinski definition) is 2. The largest absolute Gasteiger partial charge is 0.366 e. The fraction of sp³-hybridized carbons (Fsp3) is 0.143. The lowest BCUT2D eigenvalue weighted by Gasteiger charge is -2.05. The Morgan fingerprint density at radius 3 is 2.47 bits per heavy atom. The van der Waals surface area contributed by atoms with Gasteiger partial charge < -0.3 is 11.1 Å². The Kier molecular flexibility index (Phi) is 4.30. The number of carbonyl (C=O) groups excluding carboxylic acids is 2. The Morgan fingerprint density at radius 2 is 1.89 bits per heavy atom. The van der Waals surface area contributed by atoms with Gasteiger partial charge in [-0.2, -0.15) is 11.3 Å². The normalized spacial score (nSPS) is 10.1. The van der Waals surface area contributed by atoms with Crippen LogP contribution in [0.5, 0.6) is 0 Å². The molecular formula is C14H14N2O2S. The number of aryl methyl sites for hydroxylation is 1. The van der Waals surface area contributed by atoms with Gasteiger partial charge in [-0.15, -0.1) is 0 Å². The lowest BCUT2D eigenvalue weighted by Crippen LogP contribution is -2.13. The average Bonchev–Trinajstić information content (AvgIpc) is 2.90. The first kappa shape index (κ1) is 13.3. The smallest absolute Gasteiger partial charge is 0.248 e. The molecule has 3 N–H and O–H groups in total. The first-order chi connectivity index (χ1) is 9.15. The standard InChI is InChI=1S/C14H14N2O2S/c15-14(18)11-2-4-12(5-3-11)16-13(17)6-1-10-7-8-19-9-10/h2-5,7-9H,1,6H2,(H2,15,18)(H,16,17). The van der Waals surface area contributed by atoms with E-state index in [1.165, 1.54) is 5.56 Å². The fourth-order valence-electron chi connectivity index (χ4n) is 1.63. The Morgan fingerprint density at radius 1 is 1.16 bits per heavy atom. The number of hydrogen-bond acceptors (Lipinski definition) is 3. The molecule has 0 radical (unpaired) electrons. The summed E-state index contributed by atoms with van der Waals surface area (Å²) in [6.45, 7) is 0. The summed E-state index contributed by atoms with van der Waals surface area (Å²) >= 11 is 1.62. The van der Waals surface area contributed by atoms with Gasteiger partial charge in [0.15, 0.2) is 0 Å². The van der Waals surface area contributed by atoms with E-state index in [-0.39, 0.29) is 5.91 Å². The maximum atomic E-state index is 11.7. The third-order valence-corrected chi connectivity index (χ3v) is 3.41. The zero-order chi connectivity index (χ0) is 13.7. The summed E-state index contributed by atoms with van der Waals surface area (Å²) in [6, 6.07) is 8.54. The maximum Gasteiger partial charge on any atom is 0.248 e. The van der Waals surface area contributed by atoms with Gasteiger partial charge >= 0.3 is 0 Å². The molecule has 2 aromatic rings. The van der Waals surface area contributed by atoms with Gasteiger partial charge in [0, 0.05) is 17.7 Å². The van der Waals surface area contributed by atoms with Crippen LogP contribution < -0.4 is 11.1 Å². The van der Waals surface area contributed by atoms with Crippen molar-refractivity contribution in [3.8, 4) is 0 Å². The van der Waals surface area contributed by atoms with Crippen LogP contribution in [0.15, 0.2) is 41.1 Å². The molecule has 4 nitrogen and oxygen atoms in total. The molecule has 0 aliphatic heterocycles. The topological polar surface area (TPSA) is 72.2 Å². The van der Waals surface area contributed by atoms with Crippen LogP contribution in [-0.4, -0.2) is 11.8 Å². The lowest BCUT2D eigenvalue weighted by molar-refractivity contribution is -0.116. The summed E-state index contributed by atoms with van der Waals surface area (Å²) < 4.78 is 0. The van der Waals surface area contributed by atoms with E-state index >= 15 is 0 Å². The van der Waals surface area contributed by atoms with Crippen LogP contribution in [0.25, 0.3) is 0 Å². The number of benzene rings is 1. The zero-order valence-electron chi connectivity index (χ0n) is 10.3. The average molecular weight is 274 g/mol. The second-order valence-corrected chi connectivity index (χ2v) is 4.90. The minimum atomic E-state index is -0.477. The fourth-order valence-corrected chi connectivity index (χ4v) is 2.34. The first-order valence-corrected chi connectivity index (χ1v) is 6.80. The van der Waals surface area contributed by atoms with Crippen molar-refractivity contribution in [2.75, 3.05) is 5.32 Å². The molecule has 0 aliphatic carbocycles. The highest BCUT2D eigenvalue weighted by Gasteiger charge is 2.04. The van der Waals surface area contributed by atoms with Gasteiger partial charge in [-0.25, -0.2) is 0 Å². The maximum absolute atomic E-state index is 11.7. The quantitative estimate of drug-likeness (QED) is 0.878. The number of thiophene rings is 1. The summed E-state index contributed by atoms with van der Waals surface area (Å²) in [4.78, 5) is 22.6. The predicted octanol–water partition coefficient (Wildman–Crippen LogP) is 2.42. The second-order valence-electron chi connectivity index (χ2n) is 4.12. The molecule has 2 rings (SSSR count). The van der Waals surface area contributed by atoms with E-state index in [4.69, 9.17) is 5.73 Å². The third kappa shape index (κ3) is 3.93. The number of nitrogens with two attached hydrogens (primary N) is 1. The number of rotatable bonds is 5. The lowest BCUT2D eigenvalue weighted by atomic mass is 10.1. The van der Waals surface area contributed by atoms with Crippen molar-refractivity contribution in [2.24, 2.45) is 5.73 Å². The Bertz CT molecular complexity index is 562. The minimum Gasteiger partial charge on any atom is -0.366 e. The molecule has 1 aromatic carbocycles. The molecule has 0 spiro atoms. The molecule has 0 atom stereocenters. The first-order valence-electron chi connectivity index (χ1n) is 5.86. The Hall–Kier alpha value is -2.14. The molecule has 98 valence electrons. The van der Waals surface area contributed by atoms with Crippen molar-refractivity contribution in [3.05, 3.63) is 52.2 Å². The van der Waals surface area contributed by atoms with Gasteiger partial charge in [0.1, 0.15) is 0 Å². The number of anilines is 1. The molecular weight excluding hydrogens is 260 g/mol. The van der Waals surface area contributed by atoms with E-state index in [2.05, 4.69) is 5.32 Å². The van der Waals surface area contributed by atoms with E-state index in [1.54, 1.807) is 35.6 Å². The number of carbonyl (C=O) groups is 2. The molecule has 1 heterocycles. The third-order valence-electron chi connectivity index (χ3n) is 2.67. The van der Waals surface area contributed by atoms with Crippen LogP contribution in [0.3, 0.4) is 0 Å². The van der Waals surface area contributed by atoms with Gasteiger partial charge in [-0.3, -0.25) is 9.59 Å². The van der Waals surface area contributed by atoms with Crippen LogP contribution in [0, 0.1) is 0 Å². The highest BCUT2D eigenvalue weighted by Crippen LogP contribution is 2.12. The molecule has 19 heavy (non-hydrogen) atoms. The van der Waals surface area contributed by atoms with E-state index in [0.29, 0.717) is 17.7 Å². The van der Waals surface area contributed by atoms with Crippen molar-refractivity contribution in [1.29, 1.82) is 0 Å². The van der Waals surface area contributed by atoms with Gasteiger partial charge in [-0.05, 0) is 53.1 Å². The molecule has 0 aliphatic rings. The number of amides is 2. The molecule has 0 bridgehead atoms.